The molecule has 0 aliphatic carbocycles. The van der Waals surface area contributed by atoms with E-state index in [9.17, 15) is 8.42 Å². The van der Waals surface area contributed by atoms with Crippen LogP contribution in [-0.2, 0) is 16.6 Å². The molecule has 0 aromatic carbocycles. The highest BCUT2D eigenvalue weighted by atomic mass is 32.2. The largest absolute Gasteiger partial charge is 0.316 e. The first kappa shape index (κ1) is 15.9. The highest BCUT2D eigenvalue weighted by Gasteiger charge is 2.16. The van der Waals surface area contributed by atoms with E-state index >= 15 is 0 Å². The lowest BCUT2D eigenvalue weighted by molar-refractivity contribution is 0.599. The second kappa shape index (κ2) is 7.24. The predicted octanol–water partition coefficient (Wildman–Crippen LogP) is 1.22. The van der Waals surface area contributed by atoms with Gasteiger partial charge in [-0.3, -0.25) is 4.31 Å². The summed E-state index contributed by atoms with van der Waals surface area (Å²) in [4.78, 5) is 4.07. The minimum Gasteiger partial charge on any atom is -0.316 e. The third kappa shape index (κ3) is 4.70. The first-order valence-corrected chi connectivity index (χ1v) is 7.34. The SMILES string of the molecule is CC.CNCc1cccnc1N(C)S(C)(=O)=O. The van der Waals surface area contributed by atoms with Crippen LogP contribution in [-0.4, -0.2) is 33.8 Å². The molecule has 0 aliphatic heterocycles. The lowest BCUT2D eigenvalue weighted by Crippen LogP contribution is -2.27. The maximum atomic E-state index is 11.4. The van der Waals surface area contributed by atoms with Gasteiger partial charge in [-0.1, -0.05) is 19.9 Å². The Morgan fingerprint density at radius 2 is 2.00 bits per heavy atom. The van der Waals surface area contributed by atoms with Crippen molar-refractivity contribution in [3.05, 3.63) is 23.9 Å². The summed E-state index contributed by atoms with van der Waals surface area (Å²) < 4.78 is 23.9. The fourth-order valence-corrected chi connectivity index (χ4v) is 1.68. The average Bonchev–Trinajstić information content (AvgIpc) is 2.31. The van der Waals surface area contributed by atoms with E-state index in [0.717, 1.165) is 11.8 Å². The van der Waals surface area contributed by atoms with Crippen LogP contribution < -0.4 is 9.62 Å². The first-order valence-electron chi connectivity index (χ1n) is 5.49. The fraction of sp³-hybridized carbons (Fsp3) is 0.545. The van der Waals surface area contributed by atoms with Crippen LogP contribution in [0.25, 0.3) is 0 Å². The smallest absolute Gasteiger partial charge is 0.233 e. The summed E-state index contributed by atoms with van der Waals surface area (Å²) >= 11 is 0. The van der Waals surface area contributed by atoms with Crippen molar-refractivity contribution < 1.29 is 8.42 Å². The summed E-state index contributed by atoms with van der Waals surface area (Å²) in [5.41, 5.74) is 0.855. The van der Waals surface area contributed by atoms with Gasteiger partial charge >= 0.3 is 0 Å². The molecule has 1 heterocycles. The molecule has 98 valence electrons. The van der Waals surface area contributed by atoms with E-state index < -0.39 is 10.0 Å². The Balaban J connectivity index is 0.00000121. The zero-order valence-corrected chi connectivity index (χ0v) is 11.9. The molecule has 0 fully saturated rings. The summed E-state index contributed by atoms with van der Waals surface area (Å²) in [7, 11) is 0.0460. The summed E-state index contributed by atoms with van der Waals surface area (Å²) in [6.07, 6.45) is 2.74. The lowest BCUT2D eigenvalue weighted by Gasteiger charge is -2.18. The molecule has 5 nitrogen and oxygen atoms in total. The molecule has 17 heavy (non-hydrogen) atoms. The van der Waals surface area contributed by atoms with Crippen LogP contribution in [0.4, 0.5) is 5.82 Å². The number of nitrogens with zero attached hydrogens (tertiary/aromatic N) is 2. The topological polar surface area (TPSA) is 62.3 Å². The Labute approximate surface area is 104 Å². The molecule has 1 rings (SSSR count). The van der Waals surface area contributed by atoms with E-state index in [-0.39, 0.29) is 0 Å². The maximum Gasteiger partial charge on any atom is 0.233 e. The second-order valence-corrected chi connectivity index (χ2v) is 5.26. The van der Waals surface area contributed by atoms with E-state index in [1.54, 1.807) is 19.3 Å². The average molecular weight is 259 g/mol. The van der Waals surface area contributed by atoms with Gasteiger partial charge in [-0.25, -0.2) is 13.4 Å². The number of anilines is 1. The molecule has 0 unspecified atom stereocenters. The Morgan fingerprint density at radius 1 is 1.41 bits per heavy atom. The number of nitrogens with one attached hydrogen (secondary N) is 1. The molecule has 0 bridgehead atoms. The molecule has 0 amide bonds. The highest BCUT2D eigenvalue weighted by Crippen LogP contribution is 2.17. The van der Waals surface area contributed by atoms with Gasteiger partial charge in [0.05, 0.1) is 6.26 Å². The third-order valence-electron chi connectivity index (χ3n) is 2.03. The molecule has 0 atom stereocenters. The molecular weight excluding hydrogens is 238 g/mol. The van der Waals surface area contributed by atoms with Crippen LogP contribution in [0.3, 0.4) is 0 Å². The van der Waals surface area contributed by atoms with Crippen molar-refractivity contribution in [1.29, 1.82) is 0 Å². The number of sulfonamides is 1. The van der Waals surface area contributed by atoms with Gasteiger partial charge in [0.2, 0.25) is 10.0 Å². The van der Waals surface area contributed by atoms with Crippen molar-refractivity contribution in [2.45, 2.75) is 20.4 Å². The van der Waals surface area contributed by atoms with Crippen LogP contribution in [0.5, 0.6) is 0 Å². The lowest BCUT2D eigenvalue weighted by atomic mass is 10.2. The molecule has 0 aliphatic rings. The number of rotatable bonds is 4. The Hall–Kier alpha value is -1.14. The quantitative estimate of drug-likeness (QED) is 0.883. The van der Waals surface area contributed by atoms with Gasteiger partial charge in [0.15, 0.2) is 0 Å². The maximum absolute atomic E-state index is 11.4. The normalized spacial score (nSPS) is 10.4. The van der Waals surface area contributed by atoms with Crippen molar-refractivity contribution in [2.24, 2.45) is 0 Å². The summed E-state index contributed by atoms with van der Waals surface area (Å²) in [5.74, 6) is 0.467. The molecule has 1 N–H and O–H groups in total. The monoisotopic (exact) mass is 259 g/mol. The Bertz CT molecular complexity index is 432. The van der Waals surface area contributed by atoms with Gasteiger partial charge < -0.3 is 5.32 Å². The minimum absolute atomic E-state index is 0.467. The van der Waals surface area contributed by atoms with E-state index in [0.29, 0.717) is 12.4 Å². The third-order valence-corrected chi connectivity index (χ3v) is 3.20. The highest BCUT2D eigenvalue weighted by molar-refractivity contribution is 7.92. The summed E-state index contributed by atoms with van der Waals surface area (Å²) in [5, 5.41) is 2.97. The molecule has 0 radical (unpaired) electrons. The molecule has 0 spiro atoms. The van der Waals surface area contributed by atoms with E-state index in [1.165, 1.54) is 11.4 Å². The standard InChI is InChI=1S/C9H15N3O2S.C2H6/c1-10-7-8-5-4-6-11-9(8)12(2)15(3,13)14;1-2/h4-6,10H,7H2,1-3H3;1-2H3. The van der Waals surface area contributed by atoms with Crippen LogP contribution in [0, 0.1) is 0 Å². The Morgan fingerprint density at radius 3 is 2.47 bits per heavy atom. The number of aromatic nitrogens is 1. The summed E-state index contributed by atoms with van der Waals surface area (Å²) in [6, 6.07) is 3.63. The fourth-order valence-electron chi connectivity index (χ4n) is 1.20. The van der Waals surface area contributed by atoms with Gasteiger partial charge in [-0.05, 0) is 13.1 Å². The van der Waals surface area contributed by atoms with Gasteiger partial charge in [-0.15, -0.1) is 0 Å². The zero-order chi connectivity index (χ0) is 13.5. The van der Waals surface area contributed by atoms with E-state index in [1.807, 2.05) is 19.9 Å². The van der Waals surface area contributed by atoms with Crippen molar-refractivity contribution in [1.82, 2.24) is 10.3 Å². The number of pyridine rings is 1. The second-order valence-electron chi connectivity index (χ2n) is 3.25. The first-order chi connectivity index (χ1) is 7.96. The van der Waals surface area contributed by atoms with Crippen molar-refractivity contribution >= 4 is 15.8 Å². The van der Waals surface area contributed by atoms with E-state index in [2.05, 4.69) is 10.3 Å². The van der Waals surface area contributed by atoms with Crippen LogP contribution >= 0.6 is 0 Å². The van der Waals surface area contributed by atoms with Gasteiger partial charge in [-0.2, -0.15) is 0 Å². The number of hydrogen-bond donors (Lipinski definition) is 1. The molecule has 6 heteroatoms. The van der Waals surface area contributed by atoms with Gasteiger partial charge in [0, 0.05) is 25.4 Å². The summed E-state index contributed by atoms with van der Waals surface area (Å²) in [6.45, 7) is 4.59. The Kier molecular flexibility index (Phi) is 6.75. The molecule has 1 aromatic heterocycles. The van der Waals surface area contributed by atoms with Gasteiger partial charge in [0.25, 0.3) is 0 Å². The number of hydrogen-bond acceptors (Lipinski definition) is 4. The molecule has 1 aromatic rings. The predicted molar refractivity (Wildman–Crippen MR) is 71.6 cm³/mol. The van der Waals surface area contributed by atoms with Crippen LogP contribution in [0.15, 0.2) is 18.3 Å². The van der Waals surface area contributed by atoms with Crippen molar-refractivity contribution in [2.75, 3.05) is 24.7 Å². The molecule has 0 saturated carbocycles. The van der Waals surface area contributed by atoms with Crippen LogP contribution in [0.2, 0.25) is 0 Å². The zero-order valence-electron chi connectivity index (χ0n) is 11.1. The van der Waals surface area contributed by atoms with E-state index in [4.69, 9.17) is 0 Å². The molecule has 0 saturated heterocycles. The van der Waals surface area contributed by atoms with Crippen LogP contribution in [0.1, 0.15) is 19.4 Å². The van der Waals surface area contributed by atoms with Crippen molar-refractivity contribution in [3.63, 3.8) is 0 Å². The van der Waals surface area contributed by atoms with Crippen molar-refractivity contribution in [3.8, 4) is 0 Å². The van der Waals surface area contributed by atoms with Gasteiger partial charge in [0.1, 0.15) is 5.82 Å². The molecular formula is C11H21N3O2S. The minimum atomic E-state index is -3.25.